The molecule has 0 saturated carbocycles. The average Bonchev–Trinajstić information content (AvgIpc) is 2.55. The first kappa shape index (κ1) is 16.0. The lowest BCUT2D eigenvalue weighted by Gasteiger charge is -2.20. The first-order chi connectivity index (χ1) is 11.4. The SMILES string of the molecule is CC(C)(C)c1ccc(O)c(NC(=O)c2cccc3cccnc23)c1. The number of rotatable bonds is 2. The number of benzene rings is 2. The number of nitrogens with one attached hydrogen (secondary N) is 1. The van der Waals surface area contributed by atoms with Crippen molar-refractivity contribution in [3.63, 3.8) is 0 Å². The van der Waals surface area contributed by atoms with Gasteiger partial charge in [-0.05, 0) is 35.2 Å². The quantitative estimate of drug-likeness (QED) is 0.684. The number of nitrogens with zero attached hydrogens (tertiary/aromatic N) is 1. The van der Waals surface area contributed by atoms with Crippen LogP contribution in [0.2, 0.25) is 0 Å². The maximum absolute atomic E-state index is 12.7. The molecule has 4 heteroatoms. The Kier molecular flexibility index (Phi) is 3.97. The van der Waals surface area contributed by atoms with Crippen LogP contribution in [0.3, 0.4) is 0 Å². The second kappa shape index (κ2) is 5.96. The second-order valence-electron chi connectivity index (χ2n) is 6.82. The topological polar surface area (TPSA) is 62.2 Å². The molecule has 3 aromatic rings. The lowest BCUT2D eigenvalue weighted by molar-refractivity contribution is 0.102. The average molecular weight is 320 g/mol. The normalized spacial score (nSPS) is 11.5. The summed E-state index contributed by atoms with van der Waals surface area (Å²) in [5, 5.41) is 13.8. The van der Waals surface area contributed by atoms with Crippen LogP contribution in [0, 0.1) is 0 Å². The summed E-state index contributed by atoms with van der Waals surface area (Å²) in [6, 6.07) is 14.5. The van der Waals surface area contributed by atoms with Gasteiger partial charge >= 0.3 is 0 Å². The van der Waals surface area contributed by atoms with Crippen LogP contribution in [0.1, 0.15) is 36.7 Å². The van der Waals surface area contributed by atoms with Crippen molar-refractivity contribution in [2.24, 2.45) is 0 Å². The molecule has 0 radical (unpaired) electrons. The molecule has 0 spiro atoms. The molecule has 0 bridgehead atoms. The largest absolute Gasteiger partial charge is 0.506 e. The van der Waals surface area contributed by atoms with E-state index in [1.165, 1.54) is 0 Å². The van der Waals surface area contributed by atoms with Crippen molar-refractivity contribution in [3.05, 3.63) is 65.9 Å². The summed E-state index contributed by atoms with van der Waals surface area (Å²) < 4.78 is 0. The molecule has 2 aromatic carbocycles. The summed E-state index contributed by atoms with van der Waals surface area (Å²) in [6.45, 7) is 6.25. The Labute approximate surface area is 141 Å². The van der Waals surface area contributed by atoms with E-state index in [0.717, 1.165) is 10.9 Å². The molecule has 0 saturated heterocycles. The molecule has 0 atom stereocenters. The molecular weight excluding hydrogens is 300 g/mol. The van der Waals surface area contributed by atoms with Crippen LogP contribution >= 0.6 is 0 Å². The minimum absolute atomic E-state index is 0.0459. The minimum Gasteiger partial charge on any atom is -0.506 e. The Morgan fingerprint density at radius 2 is 1.83 bits per heavy atom. The van der Waals surface area contributed by atoms with Gasteiger partial charge in [0.25, 0.3) is 5.91 Å². The standard InChI is InChI=1S/C20H20N2O2/c1-20(2,3)14-9-10-17(23)16(12-14)22-19(24)15-8-4-6-13-7-5-11-21-18(13)15/h4-12,23H,1-3H3,(H,22,24). The highest BCUT2D eigenvalue weighted by Gasteiger charge is 2.17. The van der Waals surface area contributed by atoms with Gasteiger partial charge in [0.2, 0.25) is 0 Å². The fourth-order valence-corrected chi connectivity index (χ4v) is 2.58. The monoisotopic (exact) mass is 320 g/mol. The number of fused-ring (bicyclic) bond motifs is 1. The molecule has 3 rings (SSSR count). The Bertz CT molecular complexity index is 906. The Balaban J connectivity index is 1.98. The number of phenolic OH excluding ortho intramolecular Hbond substituents is 1. The lowest BCUT2D eigenvalue weighted by Crippen LogP contribution is -2.15. The van der Waals surface area contributed by atoms with Crippen molar-refractivity contribution < 1.29 is 9.90 Å². The molecule has 24 heavy (non-hydrogen) atoms. The van der Waals surface area contributed by atoms with Crippen molar-refractivity contribution >= 4 is 22.5 Å². The summed E-state index contributed by atoms with van der Waals surface area (Å²) in [6.07, 6.45) is 1.66. The van der Waals surface area contributed by atoms with Gasteiger partial charge in [0, 0.05) is 11.6 Å². The number of hydrogen-bond donors (Lipinski definition) is 2. The first-order valence-electron chi connectivity index (χ1n) is 7.85. The number of aromatic nitrogens is 1. The highest BCUT2D eigenvalue weighted by atomic mass is 16.3. The van der Waals surface area contributed by atoms with E-state index in [1.807, 2.05) is 36.4 Å². The maximum Gasteiger partial charge on any atom is 0.257 e. The molecular formula is C20H20N2O2. The summed E-state index contributed by atoms with van der Waals surface area (Å²) in [5.41, 5.74) is 2.48. The van der Waals surface area contributed by atoms with E-state index >= 15 is 0 Å². The molecule has 0 fully saturated rings. The predicted molar refractivity (Wildman–Crippen MR) is 96.5 cm³/mol. The van der Waals surface area contributed by atoms with Crippen LogP contribution < -0.4 is 5.32 Å². The zero-order chi connectivity index (χ0) is 17.3. The Morgan fingerprint density at radius 3 is 2.58 bits per heavy atom. The van der Waals surface area contributed by atoms with E-state index in [-0.39, 0.29) is 17.1 Å². The van der Waals surface area contributed by atoms with Crippen molar-refractivity contribution in [1.29, 1.82) is 0 Å². The molecule has 0 aliphatic carbocycles. The van der Waals surface area contributed by atoms with Crippen LogP contribution in [0.25, 0.3) is 10.9 Å². The van der Waals surface area contributed by atoms with Crippen LogP contribution in [0.15, 0.2) is 54.7 Å². The van der Waals surface area contributed by atoms with Crippen LogP contribution in [0.5, 0.6) is 5.75 Å². The zero-order valence-electron chi connectivity index (χ0n) is 14.0. The number of aromatic hydroxyl groups is 1. The highest BCUT2D eigenvalue weighted by Crippen LogP contribution is 2.31. The molecule has 1 aromatic heterocycles. The molecule has 0 unspecified atom stereocenters. The van der Waals surface area contributed by atoms with E-state index in [2.05, 4.69) is 31.1 Å². The van der Waals surface area contributed by atoms with E-state index in [9.17, 15) is 9.90 Å². The summed E-state index contributed by atoms with van der Waals surface area (Å²) in [4.78, 5) is 17.0. The minimum atomic E-state index is -0.291. The summed E-state index contributed by atoms with van der Waals surface area (Å²) >= 11 is 0. The fourth-order valence-electron chi connectivity index (χ4n) is 2.58. The van der Waals surface area contributed by atoms with Crippen LogP contribution in [0.4, 0.5) is 5.69 Å². The van der Waals surface area contributed by atoms with Crippen molar-refractivity contribution in [3.8, 4) is 5.75 Å². The highest BCUT2D eigenvalue weighted by molar-refractivity contribution is 6.12. The van der Waals surface area contributed by atoms with Gasteiger partial charge in [0.05, 0.1) is 16.8 Å². The number of para-hydroxylation sites is 1. The van der Waals surface area contributed by atoms with E-state index in [1.54, 1.807) is 18.3 Å². The van der Waals surface area contributed by atoms with Crippen molar-refractivity contribution in [1.82, 2.24) is 4.98 Å². The number of amides is 1. The van der Waals surface area contributed by atoms with Crippen molar-refractivity contribution in [2.75, 3.05) is 5.32 Å². The molecule has 0 aliphatic rings. The number of carbonyl (C=O) groups excluding carboxylic acids is 1. The van der Waals surface area contributed by atoms with Crippen molar-refractivity contribution in [2.45, 2.75) is 26.2 Å². The third kappa shape index (κ3) is 3.08. The Hall–Kier alpha value is -2.88. The van der Waals surface area contributed by atoms with Crippen LogP contribution in [-0.2, 0) is 5.41 Å². The third-order valence-electron chi connectivity index (χ3n) is 3.99. The third-order valence-corrected chi connectivity index (χ3v) is 3.99. The number of carbonyl (C=O) groups is 1. The first-order valence-corrected chi connectivity index (χ1v) is 7.85. The van der Waals surface area contributed by atoms with Gasteiger partial charge < -0.3 is 10.4 Å². The number of phenols is 1. The molecule has 2 N–H and O–H groups in total. The van der Waals surface area contributed by atoms with E-state index in [4.69, 9.17) is 0 Å². The van der Waals surface area contributed by atoms with Gasteiger partial charge in [-0.2, -0.15) is 0 Å². The van der Waals surface area contributed by atoms with E-state index in [0.29, 0.717) is 16.8 Å². The smallest absolute Gasteiger partial charge is 0.257 e. The van der Waals surface area contributed by atoms with Gasteiger partial charge in [-0.25, -0.2) is 0 Å². The fraction of sp³-hybridized carbons (Fsp3) is 0.200. The van der Waals surface area contributed by atoms with Gasteiger partial charge in [-0.15, -0.1) is 0 Å². The molecule has 1 amide bonds. The van der Waals surface area contributed by atoms with Crippen LogP contribution in [-0.4, -0.2) is 16.0 Å². The number of pyridine rings is 1. The predicted octanol–water partition coefficient (Wildman–Crippen LogP) is 4.49. The number of anilines is 1. The van der Waals surface area contributed by atoms with Gasteiger partial charge in [0.15, 0.2) is 0 Å². The van der Waals surface area contributed by atoms with Gasteiger partial charge in [0.1, 0.15) is 5.75 Å². The van der Waals surface area contributed by atoms with Gasteiger partial charge in [-0.3, -0.25) is 9.78 Å². The summed E-state index contributed by atoms with van der Waals surface area (Å²) in [7, 11) is 0. The Morgan fingerprint density at radius 1 is 1.08 bits per heavy atom. The molecule has 1 heterocycles. The van der Waals surface area contributed by atoms with Gasteiger partial charge in [-0.1, -0.05) is 45.0 Å². The summed E-state index contributed by atoms with van der Waals surface area (Å²) in [5.74, 6) is -0.245. The lowest BCUT2D eigenvalue weighted by atomic mass is 9.87. The zero-order valence-corrected chi connectivity index (χ0v) is 14.0. The molecule has 0 aliphatic heterocycles. The number of hydrogen-bond acceptors (Lipinski definition) is 3. The molecule has 4 nitrogen and oxygen atoms in total. The molecule has 122 valence electrons. The second-order valence-corrected chi connectivity index (χ2v) is 6.82. The van der Waals surface area contributed by atoms with E-state index < -0.39 is 0 Å². The maximum atomic E-state index is 12.7.